The number of thioether (sulfide) groups is 1. The largest absolute Gasteiger partial charge is 0.497 e. The van der Waals surface area contributed by atoms with Gasteiger partial charge in [0, 0.05) is 29.1 Å². The minimum absolute atomic E-state index is 0.138. The van der Waals surface area contributed by atoms with Crippen molar-refractivity contribution in [2.75, 3.05) is 7.11 Å². The predicted octanol–water partition coefficient (Wildman–Crippen LogP) is 5.98. The number of benzene rings is 2. The highest BCUT2D eigenvalue weighted by molar-refractivity contribution is 8.00. The molecule has 2 aromatic carbocycles. The molecule has 4 heteroatoms. The first-order valence-corrected chi connectivity index (χ1v) is 10.7. The van der Waals surface area contributed by atoms with Gasteiger partial charge >= 0.3 is 0 Å². The maximum atomic E-state index is 5.27. The molecule has 0 N–H and O–H groups in total. The topological polar surface area (TPSA) is 27.1 Å². The van der Waals surface area contributed by atoms with Crippen molar-refractivity contribution in [3.05, 3.63) is 78.4 Å². The van der Waals surface area contributed by atoms with Gasteiger partial charge in [0.05, 0.1) is 13.4 Å². The summed E-state index contributed by atoms with van der Waals surface area (Å²) in [5.41, 5.74) is 2.90. The van der Waals surface area contributed by atoms with Crippen molar-refractivity contribution in [3.63, 3.8) is 0 Å². The number of hydrogen-bond donors (Lipinski definition) is 0. The van der Waals surface area contributed by atoms with Crippen LogP contribution in [0.5, 0.6) is 5.75 Å². The zero-order chi connectivity index (χ0) is 20.0. The number of aryl methyl sites for hydroxylation is 1. The highest BCUT2D eigenvalue weighted by Crippen LogP contribution is 2.36. The van der Waals surface area contributed by atoms with Crippen LogP contribution in [0.15, 0.2) is 72.1 Å². The number of rotatable bonds is 8. The van der Waals surface area contributed by atoms with Crippen molar-refractivity contribution in [1.29, 1.82) is 0 Å². The molecule has 0 aliphatic rings. The highest BCUT2D eigenvalue weighted by atomic mass is 32.2. The number of hydrogen-bond acceptors (Lipinski definition) is 3. The molecule has 0 fully saturated rings. The van der Waals surface area contributed by atoms with Crippen LogP contribution in [-0.2, 0) is 18.4 Å². The lowest BCUT2D eigenvalue weighted by atomic mass is 9.87. The average molecular weight is 395 g/mol. The molecule has 3 rings (SSSR count). The fraction of sp³-hybridized carbons (Fsp3) is 0.375. The molecule has 1 aromatic heterocycles. The molecule has 0 aliphatic heterocycles. The average Bonchev–Trinajstić information content (AvgIpc) is 3.19. The van der Waals surface area contributed by atoms with E-state index in [-0.39, 0.29) is 5.41 Å². The minimum atomic E-state index is 0.138. The number of methoxy groups -OCH3 is 1. The third kappa shape index (κ3) is 5.65. The normalized spacial score (nSPS) is 12.7. The minimum Gasteiger partial charge on any atom is -0.497 e. The molecule has 1 unspecified atom stereocenters. The van der Waals surface area contributed by atoms with Crippen molar-refractivity contribution < 1.29 is 4.74 Å². The van der Waals surface area contributed by atoms with E-state index in [1.807, 2.05) is 36.4 Å². The summed E-state index contributed by atoms with van der Waals surface area (Å²) >= 11 is 1.99. The molecule has 1 atom stereocenters. The second-order valence-electron chi connectivity index (χ2n) is 8.13. The van der Waals surface area contributed by atoms with Crippen LogP contribution in [0, 0.1) is 0 Å². The fourth-order valence-corrected chi connectivity index (χ4v) is 4.81. The molecule has 0 saturated heterocycles. The summed E-state index contributed by atoms with van der Waals surface area (Å²) in [6, 6.07) is 17.2. The van der Waals surface area contributed by atoms with E-state index in [1.165, 1.54) is 16.0 Å². The molecule has 0 bridgehead atoms. The first kappa shape index (κ1) is 20.5. The van der Waals surface area contributed by atoms with Crippen LogP contribution in [0.2, 0.25) is 0 Å². The number of aromatic nitrogens is 2. The molecule has 3 aromatic rings. The van der Waals surface area contributed by atoms with Crippen molar-refractivity contribution in [2.24, 2.45) is 0 Å². The van der Waals surface area contributed by atoms with Gasteiger partial charge in [-0.05, 0) is 47.6 Å². The molecule has 0 amide bonds. The molecule has 28 heavy (non-hydrogen) atoms. The molecule has 0 saturated carbocycles. The lowest BCUT2D eigenvalue weighted by Gasteiger charge is -2.25. The summed E-state index contributed by atoms with van der Waals surface area (Å²) < 4.78 is 7.46. The molecule has 0 spiro atoms. The summed E-state index contributed by atoms with van der Waals surface area (Å²) in [6.07, 6.45) is 7.98. The number of imidazole rings is 1. The molecule has 3 nitrogen and oxygen atoms in total. The lowest BCUT2D eigenvalue weighted by molar-refractivity contribution is 0.414. The van der Waals surface area contributed by atoms with E-state index < -0.39 is 0 Å². The Hall–Kier alpha value is -2.20. The Morgan fingerprint density at radius 2 is 1.82 bits per heavy atom. The van der Waals surface area contributed by atoms with E-state index in [0.29, 0.717) is 5.25 Å². The second-order valence-corrected chi connectivity index (χ2v) is 9.47. The van der Waals surface area contributed by atoms with Gasteiger partial charge in [-0.1, -0.05) is 51.1 Å². The molecular formula is C24H30N2OS. The smallest absolute Gasteiger partial charge is 0.118 e. The first-order valence-electron chi connectivity index (χ1n) is 9.80. The summed E-state index contributed by atoms with van der Waals surface area (Å²) in [4.78, 5) is 5.60. The van der Waals surface area contributed by atoms with Gasteiger partial charge in [0.15, 0.2) is 0 Å². The summed E-state index contributed by atoms with van der Waals surface area (Å²) in [5, 5.41) is 0.472. The first-order chi connectivity index (χ1) is 13.5. The van der Waals surface area contributed by atoms with Gasteiger partial charge in [0.2, 0.25) is 0 Å². The van der Waals surface area contributed by atoms with Gasteiger partial charge in [0.25, 0.3) is 0 Å². The second kappa shape index (κ2) is 9.33. The summed E-state index contributed by atoms with van der Waals surface area (Å²) in [5.74, 6) is 0.909. The Morgan fingerprint density at radius 3 is 2.46 bits per heavy atom. The van der Waals surface area contributed by atoms with Gasteiger partial charge in [-0.3, -0.25) is 0 Å². The van der Waals surface area contributed by atoms with Gasteiger partial charge < -0.3 is 9.30 Å². The number of ether oxygens (including phenoxy) is 1. The van der Waals surface area contributed by atoms with Crippen LogP contribution in [0.25, 0.3) is 0 Å². The van der Waals surface area contributed by atoms with E-state index in [0.717, 1.165) is 25.1 Å². The Labute approximate surface area is 173 Å². The Kier molecular flexibility index (Phi) is 6.84. The van der Waals surface area contributed by atoms with E-state index in [1.54, 1.807) is 7.11 Å². The molecular weight excluding hydrogens is 364 g/mol. The zero-order valence-electron chi connectivity index (χ0n) is 17.3. The molecule has 1 heterocycles. The van der Waals surface area contributed by atoms with Crippen LogP contribution in [-0.4, -0.2) is 21.9 Å². The van der Waals surface area contributed by atoms with Crippen molar-refractivity contribution in [1.82, 2.24) is 9.55 Å². The standard InChI is InChI=1S/C24H30N2OS/c1-24(2,3)22-7-5-6-8-23(22)28-21(17-26-16-15-25-18-26)14-11-19-9-12-20(27-4)13-10-19/h5-10,12-13,15-16,18,21H,11,14,17H2,1-4H3. The van der Waals surface area contributed by atoms with Gasteiger partial charge in [0.1, 0.15) is 5.75 Å². The molecule has 0 radical (unpaired) electrons. The highest BCUT2D eigenvalue weighted by Gasteiger charge is 2.20. The van der Waals surface area contributed by atoms with E-state index in [9.17, 15) is 0 Å². The lowest BCUT2D eigenvalue weighted by Crippen LogP contribution is -2.16. The third-order valence-corrected chi connectivity index (χ3v) is 6.20. The maximum Gasteiger partial charge on any atom is 0.118 e. The quantitative estimate of drug-likeness (QED) is 0.440. The van der Waals surface area contributed by atoms with E-state index in [4.69, 9.17) is 4.74 Å². The fourth-order valence-electron chi connectivity index (χ4n) is 3.31. The predicted molar refractivity (Wildman–Crippen MR) is 118 cm³/mol. The van der Waals surface area contributed by atoms with E-state index in [2.05, 4.69) is 72.9 Å². The number of nitrogens with zero attached hydrogens (tertiary/aromatic N) is 2. The monoisotopic (exact) mass is 394 g/mol. The van der Waals surface area contributed by atoms with Gasteiger partial charge in [-0.25, -0.2) is 4.98 Å². The van der Waals surface area contributed by atoms with Gasteiger partial charge in [-0.2, -0.15) is 0 Å². The van der Waals surface area contributed by atoms with Crippen LogP contribution in [0.1, 0.15) is 38.3 Å². The Bertz CT molecular complexity index is 851. The van der Waals surface area contributed by atoms with Crippen molar-refractivity contribution >= 4 is 11.8 Å². The van der Waals surface area contributed by atoms with Crippen LogP contribution < -0.4 is 4.74 Å². The third-order valence-electron chi connectivity index (χ3n) is 4.88. The van der Waals surface area contributed by atoms with Crippen molar-refractivity contribution in [3.8, 4) is 5.75 Å². The van der Waals surface area contributed by atoms with Crippen molar-refractivity contribution in [2.45, 2.75) is 55.7 Å². The maximum absolute atomic E-state index is 5.27. The van der Waals surface area contributed by atoms with E-state index >= 15 is 0 Å². The molecule has 148 valence electrons. The Morgan fingerprint density at radius 1 is 1.07 bits per heavy atom. The summed E-state index contributed by atoms with van der Waals surface area (Å²) in [6.45, 7) is 7.82. The van der Waals surface area contributed by atoms with Crippen LogP contribution in [0.4, 0.5) is 0 Å². The SMILES string of the molecule is COc1ccc(CCC(Cn2ccnc2)Sc2ccccc2C(C)(C)C)cc1. The molecule has 0 aliphatic carbocycles. The Balaban J connectivity index is 1.75. The zero-order valence-corrected chi connectivity index (χ0v) is 18.1. The van der Waals surface area contributed by atoms with Crippen LogP contribution in [0.3, 0.4) is 0 Å². The van der Waals surface area contributed by atoms with Gasteiger partial charge in [-0.15, -0.1) is 11.8 Å². The van der Waals surface area contributed by atoms with Crippen LogP contribution >= 0.6 is 11.8 Å². The summed E-state index contributed by atoms with van der Waals surface area (Å²) in [7, 11) is 1.71.